The Morgan fingerprint density at radius 1 is 1.33 bits per heavy atom. The summed E-state index contributed by atoms with van der Waals surface area (Å²) in [5, 5.41) is 7.33. The van der Waals surface area contributed by atoms with E-state index >= 15 is 0 Å². The summed E-state index contributed by atoms with van der Waals surface area (Å²) in [5.74, 6) is -1.59. The van der Waals surface area contributed by atoms with Crippen LogP contribution in [-0.4, -0.2) is 93.1 Å². The predicted molar refractivity (Wildman–Crippen MR) is 134 cm³/mol. The molecule has 3 amide bonds. The molecule has 0 aromatic carbocycles. The van der Waals surface area contributed by atoms with Gasteiger partial charge in [-0.25, -0.2) is 26.6 Å². The molecule has 18 heteroatoms. The van der Waals surface area contributed by atoms with Crippen LogP contribution >= 0.6 is 0 Å². The van der Waals surface area contributed by atoms with E-state index in [2.05, 4.69) is 15.6 Å². The maximum Gasteiger partial charge on any atom is 0.408 e. The summed E-state index contributed by atoms with van der Waals surface area (Å²) in [5.41, 5.74) is 0.540. The number of rotatable bonds is 7. The molecular formula is C21H26F3N7O6S2. The molecule has 39 heavy (non-hydrogen) atoms. The zero-order chi connectivity index (χ0) is 28.7. The normalized spacial score (nSPS) is 21.4. The van der Waals surface area contributed by atoms with Gasteiger partial charge >= 0.3 is 12.2 Å². The number of hydrogen-bond donors (Lipinski definition) is 4. The average molecular weight is 594 g/mol. The molecule has 2 bridgehead atoms. The molecule has 13 nitrogen and oxygen atoms in total. The summed E-state index contributed by atoms with van der Waals surface area (Å²) in [7, 11) is -7.04. The number of thiol groups is 1. The number of amides is 3. The quantitative estimate of drug-likeness (QED) is 0.322. The lowest BCUT2D eigenvalue weighted by Gasteiger charge is -2.41. The molecule has 3 aliphatic rings. The summed E-state index contributed by atoms with van der Waals surface area (Å²) in [6, 6.07) is -1.82. The van der Waals surface area contributed by atoms with Crippen LogP contribution in [0.4, 0.5) is 29.5 Å². The summed E-state index contributed by atoms with van der Waals surface area (Å²) in [6.07, 6.45) is 1.00. The third kappa shape index (κ3) is 6.38. The van der Waals surface area contributed by atoms with E-state index in [9.17, 15) is 39.6 Å². The molecular weight excluding hydrogens is 567 g/mol. The van der Waals surface area contributed by atoms with Crippen molar-refractivity contribution in [3.05, 3.63) is 42.0 Å². The Morgan fingerprint density at radius 2 is 2.05 bits per heavy atom. The van der Waals surface area contributed by atoms with Crippen LogP contribution in [0.3, 0.4) is 0 Å². The number of sulfone groups is 1. The van der Waals surface area contributed by atoms with Crippen LogP contribution in [0.15, 0.2) is 42.0 Å². The van der Waals surface area contributed by atoms with Crippen LogP contribution in [0.1, 0.15) is 13.3 Å². The summed E-state index contributed by atoms with van der Waals surface area (Å²) >= 11 is 0. The minimum absolute atomic E-state index is 0.0401. The van der Waals surface area contributed by atoms with Crippen LogP contribution in [0, 0.1) is 0 Å². The van der Waals surface area contributed by atoms with Gasteiger partial charge in [0.25, 0.3) is 0 Å². The molecule has 214 valence electrons. The second-order valence-electron chi connectivity index (χ2n) is 9.27. The number of anilines is 2. The highest BCUT2D eigenvalue weighted by Crippen LogP contribution is 2.34. The number of nitrogens with one attached hydrogen (secondary N) is 3. The number of pyridine rings is 1. The Balaban J connectivity index is 1.55. The van der Waals surface area contributed by atoms with Gasteiger partial charge in [0.2, 0.25) is 16.8 Å². The highest BCUT2D eigenvalue weighted by Gasteiger charge is 2.43. The van der Waals surface area contributed by atoms with E-state index in [0.29, 0.717) is 29.5 Å². The molecule has 0 saturated carbocycles. The van der Waals surface area contributed by atoms with Crippen molar-refractivity contribution in [1.29, 1.82) is 0 Å². The minimum Gasteiger partial charge on any atom is -0.366 e. The lowest BCUT2D eigenvalue weighted by atomic mass is 10.1. The molecule has 3 atom stereocenters. The fourth-order valence-electron chi connectivity index (χ4n) is 4.40. The first-order valence-corrected chi connectivity index (χ1v) is 14.8. The fraction of sp³-hybridized carbons (Fsp3) is 0.476. The van der Waals surface area contributed by atoms with Crippen LogP contribution in [0.5, 0.6) is 0 Å². The van der Waals surface area contributed by atoms with Crippen molar-refractivity contribution in [2.45, 2.75) is 37.6 Å². The zero-order valence-corrected chi connectivity index (χ0v) is 22.4. The van der Waals surface area contributed by atoms with Gasteiger partial charge in [0.05, 0.1) is 17.4 Å². The number of halogens is 3. The standard InChI is InChI=1S/C21H26F3N7O6S2/c1-12(21(22,23)24)26-19(32)15-3-4-16-18(27-15)31(14-6-8-29(16)10-14)20(33)28-17-9-13(5-7-25-17)30(38(34)35)11-39(2,36)37/h3-5,7,9,12,14-15,27,38H,6,8,10-11H2,1-2H3,(H,26,32)(H,25,28,33)/t12-,14+,15?/m1/s1. The Hall–Kier alpha value is -3.54. The Kier molecular flexibility index (Phi) is 7.70. The second-order valence-corrected chi connectivity index (χ2v) is 12.3. The van der Waals surface area contributed by atoms with E-state index in [-0.39, 0.29) is 23.4 Å². The molecule has 0 spiro atoms. The van der Waals surface area contributed by atoms with Crippen LogP contribution in [-0.2, 0) is 25.5 Å². The maximum atomic E-state index is 13.4. The van der Waals surface area contributed by atoms with Gasteiger partial charge < -0.3 is 15.5 Å². The number of nitrogens with zero attached hydrogens (tertiary/aromatic N) is 4. The number of urea groups is 1. The Bertz CT molecular complexity index is 1400. The first-order valence-electron chi connectivity index (χ1n) is 11.6. The molecule has 3 aliphatic heterocycles. The van der Waals surface area contributed by atoms with E-state index < -0.39 is 56.8 Å². The highest BCUT2D eigenvalue weighted by atomic mass is 32.2. The summed E-state index contributed by atoms with van der Waals surface area (Å²) in [4.78, 5) is 33.3. The van der Waals surface area contributed by atoms with E-state index in [1.165, 1.54) is 29.3 Å². The molecule has 1 aromatic rings. The van der Waals surface area contributed by atoms with Crippen molar-refractivity contribution in [3.8, 4) is 0 Å². The molecule has 0 aliphatic carbocycles. The number of carbonyl (C=O) groups excluding carboxylic acids is 2. The van der Waals surface area contributed by atoms with Gasteiger partial charge in [-0.2, -0.15) is 13.2 Å². The van der Waals surface area contributed by atoms with Crippen molar-refractivity contribution < 1.29 is 39.6 Å². The summed E-state index contributed by atoms with van der Waals surface area (Å²) < 4.78 is 86.1. The lowest BCUT2D eigenvalue weighted by Crippen LogP contribution is -2.57. The molecule has 4 rings (SSSR count). The minimum atomic E-state index is -4.63. The molecule has 1 fully saturated rings. The number of carbonyl (C=O) groups is 2. The lowest BCUT2D eigenvalue weighted by molar-refractivity contribution is -0.158. The monoisotopic (exact) mass is 593 g/mol. The molecule has 0 radical (unpaired) electrons. The predicted octanol–water partition coefficient (Wildman–Crippen LogP) is 0.102. The number of fused-ring (bicyclic) bond motifs is 3. The van der Waals surface area contributed by atoms with Crippen molar-refractivity contribution in [1.82, 2.24) is 25.4 Å². The second kappa shape index (κ2) is 10.6. The molecule has 3 N–H and O–H groups in total. The van der Waals surface area contributed by atoms with Gasteiger partial charge in [-0.3, -0.25) is 19.3 Å². The van der Waals surface area contributed by atoms with Gasteiger partial charge in [-0.15, -0.1) is 0 Å². The Morgan fingerprint density at radius 3 is 2.69 bits per heavy atom. The number of aromatic nitrogens is 1. The molecule has 1 saturated heterocycles. The van der Waals surface area contributed by atoms with E-state index in [4.69, 9.17) is 0 Å². The van der Waals surface area contributed by atoms with Crippen molar-refractivity contribution >= 4 is 44.2 Å². The zero-order valence-electron chi connectivity index (χ0n) is 20.7. The van der Waals surface area contributed by atoms with E-state index in [1.54, 1.807) is 6.08 Å². The first kappa shape index (κ1) is 28.5. The van der Waals surface area contributed by atoms with Crippen molar-refractivity contribution in [3.63, 3.8) is 0 Å². The van der Waals surface area contributed by atoms with Crippen molar-refractivity contribution in [2.24, 2.45) is 0 Å². The third-order valence-corrected chi connectivity index (χ3v) is 7.96. The third-order valence-electron chi connectivity index (χ3n) is 6.27. The van der Waals surface area contributed by atoms with Gasteiger partial charge in [0.15, 0.2) is 9.84 Å². The SMILES string of the molecule is C[C@@H](NC(=O)C1C=CC2=C(N1)N(C(=O)Nc1cc(N(CS(C)(=O)=O)[SH](=O)=O)ccn1)[C@H]1CCN2C1)C(F)(F)F. The number of hydrogen-bond acceptors (Lipinski definition) is 9. The van der Waals surface area contributed by atoms with E-state index in [0.717, 1.165) is 13.2 Å². The maximum absolute atomic E-state index is 13.4. The first-order chi connectivity index (χ1) is 18.1. The fourth-order valence-corrected chi connectivity index (χ4v) is 6.31. The van der Waals surface area contributed by atoms with E-state index in [1.807, 2.05) is 10.2 Å². The number of dihydropyridines is 1. The topological polar surface area (TPSA) is 161 Å². The average Bonchev–Trinajstić information content (AvgIpc) is 3.25. The van der Waals surface area contributed by atoms with Gasteiger partial charge in [0.1, 0.15) is 29.6 Å². The number of alkyl halides is 3. The van der Waals surface area contributed by atoms with Crippen LogP contribution in [0.2, 0.25) is 0 Å². The van der Waals surface area contributed by atoms with Gasteiger partial charge in [0, 0.05) is 31.6 Å². The summed E-state index contributed by atoms with van der Waals surface area (Å²) in [6.45, 7) is 1.90. The Labute approximate surface area is 223 Å². The molecule has 1 unspecified atom stereocenters. The smallest absolute Gasteiger partial charge is 0.366 e. The number of allylic oxidation sites excluding steroid dienone is 1. The van der Waals surface area contributed by atoms with Gasteiger partial charge in [-0.1, -0.05) is 6.08 Å². The highest BCUT2D eigenvalue weighted by molar-refractivity contribution is 7.91. The molecule has 1 aromatic heterocycles. The van der Waals surface area contributed by atoms with Crippen LogP contribution in [0.25, 0.3) is 0 Å². The van der Waals surface area contributed by atoms with Gasteiger partial charge in [-0.05, 0) is 25.5 Å². The largest absolute Gasteiger partial charge is 0.408 e. The van der Waals surface area contributed by atoms with Crippen molar-refractivity contribution in [2.75, 3.05) is 34.8 Å². The molecule has 4 heterocycles. The van der Waals surface area contributed by atoms with Crippen LogP contribution < -0.4 is 20.3 Å².